The number of nitrogens with one attached hydrogen (secondary N) is 1. The molecule has 0 spiro atoms. The van der Waals surface area contributed by atoms with E-state index in [1.807, 2.05) is 53.8 Å². The molecule has 0 saturated carbocycles. The lowest BCUT2D eigenvalue weighted by atomic mass is 9.88. The van der Waals surface area contributed by atoms with Crippen molar-refractivity contribution in [3.05, 3.63) is 119 Å². The molecule has 14 heteroatoms. The van der Waals surface area contributed by atoms with Gasteiger partial charge in [-0.05, 0) is 121 Å². The van der Waals surface area contributed by atoms with Crippen LogP contribution >= 0.6 is 11.6 Å². The van der Waals surface area contributed by atoms with Crippen molar-refractivity contribution in [3.8, 4) is 17.2 Å². The number of ether oxygens (including phenoxy) is 1. The number of imide groups is 2. The number of amides is 4. The van der Waals surface area contributed by atoms with Crippen molar-refractivity contribution in [2.45, 2.75) is 38.1 Å². The van der Waals surface area contributed by atoms with Crippen LogP contribution in [0.5, 0.6) is 17.2 Å². The predicted molar refractivity (Wildman–Crippen MR) is 230 cm³/mol. The molecule has 0 aliphatic carbocycles. The molecule has 4 amide bonds. The summed E-state index contributed by atoms with van der Waals surface area (Å²) in [7, 11) is 0. The van der Waals surface area contributed by atoms with E-state index >= 15 is 4.39 Å². The second-order valence-electron chi connectivity index (χ2n) is 15.2. The van der Waals surface area contributed by atoms with Crippen molar-refractivity contribution in [2.75, 3.05) is 69.6 Å². The fraction of sp³-hybridized carbons (Fsp3) is 0.362. The predicted octanol–water partition coefficient (Wildman–Crippen LogP) is 6.14. The van der Waals surface area contributed by atoms with Gasteiger partial charge in [0.1, 0.15) is 35.7 Å². The maximum absolute atomic E-state index is 16.1. The zero-order chi connectivity index (χ0) is 49.8. The van der Waals surface area contributed by atoms with Crippen LogP contribution in [0.25, 0.3) is 11.1 Å². The third kappa shape index (κ3) is 9.29. The number of rotatable bonds is 13. The van der Waals surface area contributed by atoms with E-state index in [-0.39, 0.29) is 35.8 Å². The van der Waals surface area contributed by atoms with Gasteiger partial charge in [-0.3, -0.25) is 39.2 Å². The molecule has 3 N–H and O–H groups in total. The van der Waals surface area contributed by atoms with Gasteiger partial charge in [-0.2, -0.15) is 0 Å². The monoisotopic (exact) mass is 857 g/mol. The number of nitrogens with zero attached hydrogens (tertiary/aromatic N) is 4. The SMILES string of the molecule is [2H]C1([2H])N(CC2CCN(CCOc3ccc(C(=C(CCCl)c4ccc(O)cc4)c4ccc(O)cc4)cc3)CC2)C([2H])([2H])C([2H])([2H])N(c2cc3c(cc2F)C(=O)N(C2CCC(=O)NC2=O)C3=O)C1([2H])[2H]. The number of carbonyl (C=O) groups excluding carboxylic acids is 4. The number of halogens is 2. The molecule has 1 atom stereocenters. The molecule has 1 unspecified atom stereocenters. The summed E-state index contributed by atoms with van der Waals surface area (Å²) < 4.78 is 94.1. The number of anilines is 1. The zero-order valence-corrected chi connectivity index (χ0v) is 33.8. The first-order chi connectivity index (χ1) is 32.6. The molecule has 318 valence electrons. The van der Waals surface area contributed by atoms with E-state index in [1.165, 1.54) is 0 Å². The number of alkyl halides is 1. The Morgan fingerprint density at radius 2 is 1.38 bits per heavy atom. The smallest absolute Gasteiger partial charge is 0.262 e. The molecule has 8 rings (SSSR count). The maximum atomic E-state index is 16.1. The Balaban J connectivity index is 0.919. The van der Waals surface area contributed by atoms with E-state index < -0.39 is 84.2 Å². The quantitative estimate of drug-likeness (QED) is 0.0816. The van der Waals surface area contributed by atoms with Crippen molar-refractivity contribution in [1.29, 1.82) is 0 Å². The number of fused-ring (bicyclic) bond motifs is 1. The highest BCUT2D eigenvalue weighted by molar-refractivity contribution is 6.24. The number of hydrogen-bond donors (Lipinski definition) is 3. The normalized spacial score (nSPS) is 24.8. The van der Waals surface area contributed by atoms with E-state index in [0.717, 1.165) is 27.8 Å². The Hall–Kier alpha value is -5.76. The number of likely N-dealkylation sites (tertiary alicyclic amines) is 1. The Labute approximate surface area is 370 Å². The molecule has 4 aliphatic heterocycles. The van der Waals surface area contributed by atoms with Gasteiger partial charge in [-0.15, -0.1) is 11.6 Å². The van der Waals surface area contributed by atoms with Crippen LogP contribution in [0.4, 0.5) is 10.1 Å². The Bertz CT molecular complexity index is 2660. The van der Waals surface area contributed by atoms with Gasteiger partial charge in [-0.1, -0.05) is 36.4 Å². The highest BCUT2D eigenvalue weighted by atomic mass is 35.5. The first kappa shape index (κ1) is 32.9. The fourth-order valence-electron chi connectivity index (χ4n) is 8.11. The third-order valence-corrected chi connectivity index (χ3v) is 11.5. The number of piperazine rings is 1. The number of piperidine rings is 2. The second-order valence-corrected chi connectivity index (χ2v) is 15.6. The minimum atomic E-state index is -3.47. The molecular weight excluding hydrogens is 801 g/mol. The summed E-state index contributed by atoms with van der Waals surface area (Å²) in [6, 6.07) is 21.2. The van der Waals surface area contributed by atoms with Gasteiger partial charge >= 0.3 is 0 Å². The van der Waals surface area contributed by atoms with Crippen LogP contribution < -0.4 is 15.0 Å². The van der Waals surface area contributed by atoms with Gasteiger partial charge in [0, 0.05) is 56.9 Å². The largest absolute Gasteiger partial charge is 0.508 e. The van der Waals surface area contributed by atoms with E-state index in [9.17, 15) is 29.4 Å². The molecule has 4 heterocycles. The van der Waals surface area contributed by atoms with E-state index in [1.54, 1.807) is 24.3 Å². The van der Waals surface area contributed by atoms with E-state index in [4.69, 9.17) is 27.3 Å². The highest BCUT2D eigenvalue weighted by Gasteiger charge is 2.45. The second kappa shape index (κ2) is 18.5. The molecule has 12 nitrogen and oxygen atoms in total. The molecule has 3 fully saturated rings. The van der Waals surface area contributed by atoms with Crippen molar-refractivity contribution >= 4 is 52.1 Å². The summed E-state index contributed by atoms with van der Waals surface area (Å²) in [5, 5.41) is 22.0. The first-order valence-electron chi connectivity index (χ1n) is 24.0. The number of phenolic OH excluding ortho intramolecular Hbond substituents is 2. The summed E-state index contributed by atoms with van der Waals surface area (Å²) in [5.74, 6) is -4.31. The topological polar surface area (TPSA) is 143 Å². The lowest BCUT2D eigenvalue weighted by Crippen LogP contribution is -2.54. The summed E-state index contributed by atoms with van der Waals surface area (Å²) in [5.41, 5.74) is 2.42. The van der Waals surface area contributed by atoms with Crippen LogP contribution in [0.1, 0.15) is 80.5 Å². The van der Waals surface area contributed by atoms with Crippen LogP contribution in [0.2, 0.25) is 0 Å². The van der Waals surface area contributed by atoms with Gasteiger partial charge in [0.15, 0.2) is 0 Å². The molecule has 0 bridgehead atoms. The summed E-state index contributed by atoms with van der Waals surface area (Å²) >= 11 is 6.29. The van der Waals surface area contributed by atoms with Crippen LogP contribution in [-0.4, -0.2) is 119 Å². The number of hydrogen-bond acceptors (Lipinski definition) is 10. The number of allylic oxidation sites excluding steroid dienone is 1. The minimum Gasteiger partial charge on any atom is -0.508 e. The van der Waals surface area contributed by atoms with Crippen LogP contribution in [0.15, 0.2) is 84.9 Å². The lowest BCUT2D eigenvalue weighted by molar-refractivity contribution is -0.136. The van der Waals surface area contributed by atoms with Crippen molar-refractivity contribution < 1.29 is 49.5 Å². The highest BCUT2D eigenvalue weighted by Crippen LogP contribution is 2.37. The first-order valence-corrected chi connectivity index (χ1v) is 20.6. The van der Waals surface area contributed by atoms with Crippen LogP contribution in [0, 0.1) is 11.7 Å². The number of aromatic hydroxyl groups is 2. The van der Waals surface area contributed by atoms with Gasteiger partial charge in [0.05, 0.1) is 22.3 Å². The summed E-state index contributed by atoms with van der Waals surface area (Å²) in [6.07, 6.45) is 1.02. The molecule has 4 aromatic carbocycles. The number of carbonyl (C=O) groups is 4. The van der Waals surface area contributed by atoms with Gasteiger partial charge in [-0.25, -0.2) is 4.39 Å². The van der Waals surface area contributed by atoms with Crippen molar-refractivity contribution in [2.24, 2.45) is 5.92 Å². The van der Waals surface area contributed by atoms with E-state index in [2.05, 4.69) is 4.90 Å². The van der Waals surface area contributed by atoms with Crippen LogP contribution in [-0.2, 0) is 9.59 Å². The molecule has 4 aliphatic rings. The summed E-state index contributed by atoms with van der Waals surface area (Å²) in [4.78, 5) is 54.3. The summed E-state index contributed by atoms with van der Waals surface area (Å²) in [6.45, 7) is -12.1. The van der Waals surface area contributed by atoms with Crippen molar-refractivity contribution in [1.82, 2.24) is 20.0 Å². The average molecular weight is 858 g/mol. The molecule has 4 aromatic rings. The molecule has 0 aromatic heterocycles. The van der Waals surface area contributed by atoms with Gasteiger partial charge < -0.3 is 19.8 Å². The molecule has 61 heavy (non-hydrogen) atoms. The Morgan fingerprint density at radius 3 is 1.98 bits per heavy atom. The van der Waals surface area contributed by atoms with Gasteiger partial charge in [0.2, 0.25) is 11.8 Å². The maximum Gasteiger partial charge on any atom is 0.262 e. The molecular formula is C47H49ClFN5O7. The number of benzene rings is 4. The van der Waals surface area contributed by atoms with Crippen molar-refractivity contribution in [3.63, 3.8) is 0 Å². The van der Waals surface area contributed by atoms with Crippen LogP contribution in [0.3, 0.4) is 0 Å². The standard InChI is InChI=1S/C47H49ClFN5O7/c48-18-15-37(31-1-7-34(55)8-2-31)44(32-3-9-35(56)10-4-32)33-5-11-36(12-6-33)61-26-25-51-19-16-30(17-20-51)29-52-21-23-53(24-22-52)42-28-39-38(27-40(42)49)46(59)54(47(39)60)41-13-14-43(57)50-45(41)58/h1-12,27-28,30,41,55-56H,13-26,29H2,(H,50,57,58)/i21D2,22D2,23D2,24D2. The third-order valence-electron chi connectivity index (χ3n) is 11.3. The Morgan fingerprint density at radius 1 is 0.787 bits per heavy atom. The Kier molecular flexibility index (Phi) is 9.97. The average Bonchev–Trinajstić information content (AvgIpc) is 3.53. The molecule has 0 radical (unpaired) electrons. The minimum absolute atomic E-state index is 0.0106. The molecule has 3 saturated heterocycles. The lowest BCUT2D eigenvalue weighted by Gasteiger charge is -2.39. The zero-order valence-electron chi connectivity index (χ0n) is 41.0. The fourth-order valence-corrected chi connectivity index (χ4v) is 8.30. The number of phenols is 2. The van der Waals surface area contributed by atoms with E-state index in [0.29, 0.717) is 79.1 Å². The van der Waals surface area contributed by atoms with Gasteiger partial charge in [0.25, 0.3) is 11.8 Å².